The van der Waals surface area contributed by atoms with Crippen LogP contribution >= 0.6 is 0 Å². The Morgan fingerprint density at radius 1 is 1.35 bits per heavy atom. The second-order valence-corrected chi connectivity index (χ2v) is 5.88. The van der Waals surface area contributed by atoms with E-state index in [1.807, 2.05) is 0 Å². The van der Waals surface area contributed by atoms with E-state index in [1.54, 1.807) is 6.92 Å². The third kappa shape index (κ3) is 3.30. The fourth-order valence-electron chi connectivity index (χ4n) is 2.28. The van der Waals surface area contributed by atoms with Gasteiger partial charge in [-0.05, 0) is 27.7 Å². The number of hydrogen-bond acceptors (Lipinski definition) is 6. The molecule has 0 bridgehead atoms. The van der Waals surface area contributed by atoms with Crippen LogP contribution in [0, 0.1) is 0 Å². The van der Waals surface area contributed by atoms with Crippen molar-refractivity contribution in [2.24, 2.45) is 0 Å². The van der Waals surface area contributed by atoms with Gasteiger partial charge in [-0.3, -0.25) is 4.90 Å². The van der Waals surface area contributed by atoms with E-state index in [2.05, 4.69) is 35.6 Å². The molecule has 0 atom stereocenters. The number of hydrogen-bond donors (Lipinski definition) is 0. The van der Waals surface area contributed by atoms with Crippen LogP contribution in [0.1, 0.15) is 38.2 Å². The summed E-state index contributed by atoms with van der Waals surface area (Å²) in [7, 11) is 0. The summed E-state index contributed by atoms with van der Waals surface area (Å²) in [6, 6.07) is 0.501. The van der Waals surface area contributed by atoms with Gasteiger partial charge in [0.1, 0.15) is 6.26 Å². The maximum atomic E-state index is 11.6. The molecule has 0 amide bonds. The summed E-state index contributed by atoms with van der Waals surface area (Å²) in [5, 5.41) is 0. The van der Waals surface area contributed by atoms with Crippen molar-refractivity contribution in [3.8, 4) is 0 Å². The van der Waals surface area contributed by atoms with E-state index in [1.165, 1.54) is 6.26 Å². The van der Waals surface area contributed by atoms with Gasteiger partial charge in [-0.2, -0.15) is 4.98 Å². The lowest BCUT2D eigenvalue weighted by atomic mass is 10.1. The zero-order chi connectivity index (χ0) is 14.8. The Hall–Kier alpha value is -1.56. The predicted octanol–water partition coefficient (Wildman–Crippen LogP) is 1.77. The van der Waals surface area contributed by atoms with Gasteiger partial charge in [0.15, 0.2) is 5.69 Å². The second kappa shape index (κ2) is 5.83. The van der Waals surface area contributed by atoms with Crippen LogP contribution in [0.5, 0.6) is 0 Å². The average molecular weight is 281 g/mol. The Morgan fingerprint density at radius 3 is 2.55 bits per heavy atom. The highest BCUT2D eigenvalue weighted by atomic mass is 16.5. The van der Waals surface area contributed by atoms with E-state index in [4.69, 9.17) is 9.15 Å². The van der Waals surface area contributed by atoms with E-state index in [-0.39, 0.29) is 11.2 Å². The van der Waals surface area contributed by atoms with Crippen LogP contribution in [0.25, 0.3) is 0 Å². The van der Waals surface area contributed by atoms with E-state index in [0.717, 1.165) is 26.2 Å². The van der Waals surface area contributed by atoms with Crippen molar-refractivity contribution in [3.05, 3.63) is 12.0 Å². The normalized spacial score (nSPS) is 17.3. The molecule has 0 aliphatic carbocycles. The number of carbonyl (C=O) groups excluding carboxylic acids is 1. The summed E-state index contributed by atoms with van der Waals surface area (Å²) in [5.74, 6) is -0.434. The Balaban J connectivity index is 1.96. The number of piperazine rings is 1. The molecule has 2 heterocycles. The number of ether oxygens (including phenoxy) is 1. The quantitative estimate of drug-likeness (QED) is 0.787. The molecule has 112 valence electrons. The Kier molecular flexibility index (Phi) is 4.32. The zero-order valence-corrected chi connectivity index (χ0v) is 12.7. The van der Waals surface area contributed by atoms with Crippen LogP contribution in [-0.4, -0.2) is 54.2 Å². The number of carbonyl (C=O) groups is 1. The van der Waals surface area contributed by atoms with Crippen molar-refractivity contribution in [2.45, 2.75) is 33.2 Å². The van der Waals surface area contributed by atoms with E-state index >= 15 is 0 Å². The molecule has 1 fully saturated rings. The monoisotopic (exact) mass is 281 g/mol. The highest BCUT2D eigenvalue weighted by Gasteiger charge is 2.28. The molecule has 0 radical (unpaired) electrons. The van der Waals surface area contributed by atoms with E-state index in [9.17, 15) is 4.79 Å². The first-order valence-electron chi connectivity index (χ1n) is 7.04. The molecule has 6 heteroatoms. The lowest BCUT2D eigenvalue weighted by Gasteiger charge is -2.41. The molecule has 1 saturated heterocycles. The predicted molar refractivity (Wildman–Crippen MR) is 76.0 cm³/mol. The molecule has 0 N–H and O–H groups in total. The lowest BCUT2D eigenvalue weighted by Crippen LogP contribution is -2.53. The minimum atomic E-state index is -0.434. The number of rotatable bonds is 3. The Labute approximate surface area is 119 Å². The summed E-state index contributed by atoms with van der Waals surface area (Å²) < 4.78 is 10.3. The summed E-state index contributed by atoms with van der Waals surface area (Å²) >= 11 is 0. The molecule has 6 nitrogen and oxygen atoms in total. The highest BCUT2D eigenvalue weighted by Crippen LogP contribution is 2.20. The SMILES string of the molecule is CCOC(=O)c1coc(N2CCN(C(C)(C)C)CC2)n1. The number of aromatic nitrogens is 1. The third-order valence-corrected chi connectivity index (χ3v) is 3.48. The molecule has 1 aromatic rings. The van der Waals surface area contributed by atoms with Crippen LogP contribution in [0.2, 0.25) is 0 Å². The summed E-state index contributed by atoms with van der Waals surface area (Å²) in [6.07, 6.45) is 1.36. The number of nitrogens with zero attached hydrogens (tertiary/aromatic N) is 3. The first kappa shape index (κ1) is 14.8. The summed E-state index contributed by atoms with van der Waals surface area (Å²) in [6.45, 7) is 12.4. The fourth-order valence-corrected chi connectivity index (χ4v) is 2.28. The Bertz CT molecular complexity index is 456. The Morgan fingerprint density at radius 2 is 2.00 bits per heavy atom. The third-order valence-electron chi connectivity index (χ3n) is 3.48. The topological polar surface area (TPSA) is 58.8 Å². The van der Waals surface area contributed by atoms with Crippen LogP contribution in [0.15, 0.2) is 10.7 Å². The minimum absolute atomic E-state index is 0.179. The van der Waals surface area contributed by atoms with Gasteiger partial charge in [-0.1, -0.05) is 0 Å². The van der Waals surface area contributed by atoms with Crippen LogP contribution < -0.4 is 4.90 Å². The number of anilines is 1. The lowest BCUT2D eigenvalue weighted by molar-refractivity contribution is 0.0519. The van der Waals surface area contributed by atoms with E-state index < -0.39 is 5.97 Å². The molecule has 0 spiro atoms. The fraction of sp³-hybridized carbons (Fsp3) is 0.714. The number of oxazole rings is 1. The van der Waals surface area contributed by atoms with Gasteiger partial charge in [-0.15, -0.1) is 0 Å². The molecule has 2 rings (SSSR count). The van der Waals surface area contributed by atoms with Crippen molar-refractivity contribution in [3.63, 3.8) is 0 Å². The second-order valence-electron chi connectivity index (χ2n) is 5.88. The van der Waals surface area contributed by atoms with Gasteiger partial charge < -0.3 is 14.1 Å². The molecular formula is C14H23N3O3. The first-order chi connectivity index (χ1) is 9.41. The van der Waals surface area contributed by atoms with Crippen LogP contribution in [-0.2, 0) is 4.74 Å². The summed E-state index contributed by atoms with van der Waals surface area (Å²) in [5.41, 5.74) is 0.416. The summed E-state index contributed by atoms with van der Waals surface area (Å²) in [4.78, 5) is 20.2. The van der Waals surface area contributed by atoms with Crippen molar-refractivity contribution in [1.29, 1.82) is 0 Å². The average Bonchev–Trinajstić information content (AvgIpc) is 2.88. The largest absolute Gasteiger partial charge is 0.461 e. The maximum absolute atomic E-state index is 11.6. The van der Waals surface area contributed by atoms with Crippen molar-refractivity contribution >= 4 is 12.0 Å². The number of esters is 1. The van der Waals surface area contributed by atoms with Gasteiger partial charge in [0.2, 0.25) is 0 Å². The van der Waals surface area contributed by atoms with Crippen molar-refractivity contribution in [1.82, 2.24) is 9.88 Å². The highest BCUT2D eigenvalue weighted by molar-refractivity contribution is 5.87. The first-order valence-corrected chi connectivity index (χ1v) is 7.04. The van der Waals surface area contributed by atoms with Crippen LogP contribution in [0.3, 0.4) is 0 Å². The van der Waals surface area contributed by atoms with Gasteiger partial charge in [0.05, 0.1) is 6.61 Å². The minimum Gasteiger partial charge on any atom is -0.461 e. The maximum Gasteiger partial charge on any atom is 0.360 e. The zero-order valence-electron chi connectivity index (χ0n) is 12.7. The standard InChI is InChI=1S/C14H23N3O3/c1-5-19-12(18)11-10-20-13(15-11)16-6-8-17(9-7-16)14(2,3)4/h10H,5-9H2,1-4H3. The van der Waals surface area contributed by atoms with Gasteiger partial charge in [0.25, 0.3) is 6.01 Å². The van der Waals surface area contributed by atoms with E-state index in [0.29, 0.717) is 12.6 Å². The molecule has 0 saturated carbocycles. The van der Waals surface area contributed by atoms with Crippen LogP contribution in [0.4, 0.5) is 6.01 Å². The van der Waals surface area contributed by atoms with Crippen molar-refractivity contribution in [2.75, 3.05) is 37.7 Å². The smallest absolute Gasteiger partial charge is 0.360 e. The molecule has 0 aromatic carbocycles. The molecule has 1 aromatic heterocycles. The van der Waals surface area contributed by atoms with Crippen molar-refractivity contribution < 1.29 is 13.9 Å². The molecule has 1 aliphatic rings. The molecule has 20 heavy (non-hydrogen) atoms. The molecular weight excluding hydrogens is 258 g/mol. The molecule has 0 unspecified atom stereocenters. The van der Waals surface area contributed by atoms with Gasteiger partial charge in [0, 0.05) is 31.7 Å². The van der Waals surface area contributed by atoms with Gasteiger partial charge >= 0.3 is 5.97 Å². The van der Waals surface area contributed by atoms with Gasteiger partial charge in [-0.25, -0.2) is 4.79 Å². The molecule has 1 aliphatic heterocycles.